The second-order valence-corrected chi connectivity index (χ2v) is 4.77. The highest BCUT2D eigenvalue weighted by Gasteiger charge is 2.17. The Morgan fingerprint density at radius 2 is 2.16 bits per heavy atom. The van der Waals surface area contributed by atoms with E-state index < -0.39 is 0 Å². The molecule has 2 aromatic rings. The molecular weight excluding hydrogens is 265 g/mol. The molecule has 0 fully saturated rings. The predicted octanol–water partition coefficient (Wildman–Crippen LogP) is 2.56. The SMILES string of the molecule is CNc1snc(C)c1C(=O)NCc1ccccc1F. The minimum atomic E-state index is -0.322. The Hall–Kier alpha value is -1.95. The van der Waals surface area contributed by atoms with Crippen LogP contribution >= 0.6 is 11.5 Å². The van der Waals surface area contributed by atoms with Gasteiger partial charge in [0.05, 0.1) is 11.3 Å². The highest BCUT2D eigenvalue weighted by molar-refractivity contribution is 7.10. The fourth-order valence-electron chi connectivity index (χ4n) is 1.71. The third-order valence-corrected chi connectivity index (χ3v) is 3.67. The second-order valence-electron chi connectivity index (χ2n) is 4.00. The van der Waals surface area contributed by atoms with Crippen molar-refractivity contribution in [2.45, 2.75) is 13.5 Å². The van der Waals surface area contributed by atoms with Gasteiger partial charge in [0.25, 0.3) is 5.91 Å². The molecule has 100 valence electrons. The molecule has 0 aliphatic carbocycles. The molecule has 19 heavy (non-hydrogen) atoms. The number of hydrogen-bond acceptors (Lipinski definition) is 4. The van der Waals surface area contributed by atoms with E-state index in [0.717, 1.165) is 0 Å². The Labute approximate surface area is 114 Å². The molecule has 1 heterocycles. The van der Waals surface area contributed by atoms with Crippen LogP contribution < -0.4 is 10.6 Å². The summed E-state index contributed by atoms with van der Waals surface area (Å²) in [5.74, 6) is -0.573. The highest BCUT2D eigenvalue weighted by atomic mass is 32.1. The van der Waals surface area contributed by atoms with Crippen LogP contribution in [0.3, 0.4) is 0 Å². The third kappa shape index (κ3) is 2.90. The first-order valence-corrected chi connectivity index (χ1v) is 6.56. The van der Waals surface area contributed by atoms with Crippen molar-refractivity contribution in [3.63, 3.8) is 0 Å². The number of nitrogens with zero attached hydrogens (tertiary/aromatic N) is 1. The first-order valence-electron chi connectivity index (χ1n) is 5.79. The van der Waals surface area contributed by atoms with Crippen molar-refractivity contribution in [1.29, 1.82) is 0 Å². The zero-order valence-electron chi connectivity index (χ0n) is 10.7. The number of aromatic nitrogens is 1. The summed E-state index contributed by atoms with van der Waals surface area (Å²) in [5.41, 5.74) is 1.65. The summed E-state index contributed by atoms with van der Waals surface area (Å²) in [5, 5.41) is 6.35. The molecule has 0 unspecified atom stereocenters. The molecule has 4 nitrogen and oxygen atoms in total. The number of carbonyl (C=O) groups is 1. The van der Waals surface area contributed by atoms with E-state index in [9.17, 15) is 9.18 Å². The van der Waals surface area contributed by atoms with Gasteiger partial charge in [0.2, 0.25) is 0 Å². The van der Waals surface area contributed by atoms with Gasteiger partial charge >= 0.3 is 0 Å². The van der Waals surface area contributed by atoms with Crippen LogP contribution in [-0.4, -0.2) is 17.3 Å². The van der Waals surface area contributed by atoms with Crippen LogP contribution in [0, 0.1) is 12.7 Å². The molecule has 0 spiro atoms. The molecule has 2 rings (SSSR count). The lowest BCUT2D eigenvalue weighted by Crippen LogP contribution is -2.24. The van der Waals surface area contributed by atoms with E-state index in [0.29, 0.717) is 21.8 Å². The van der Waals surface area contributed by atoms with Gasteiger partial charge in [0, 0.05) is 19.2 Å². The van der Waals surface area contributed by atoms with Crippen LogP contribution in [0.1, 0.15) is 21.6 Å². The van der Waals surface area contributed by atoms with Crippen molar-refractivity contribution in [3.8, 4) is 0 Å². The zero-order chi connectivity index (χ0) is 13.8. The van der Waals surface area contributed by atoms with Crippen molar-refractivity contribution in [2.24, 2.45) is 0 Å². The third-order valence-electron chi connectivity index (χ3n) is 2.71. The Morgan fingerprint density at radius 1 is 1.42 bits per heavy atom. The average Bonchev–Trinajstić information content (AvgIpc) is 2.78. The van der Waals surface area contributed by atoms with Crippen LogP contribution in [0.5, 0.6) is 0 Å². The molecule has 1 aromatic heterocycles. The van der Waals surface area contributed by atoms with E-state index in [1.807, 2.05) is 0 Å². The highest BCUT2D eigenvalue weighted by Crippen LogP contribution is 2.23. The molecule has 1 aromatic carbocycles. The van der Waals surface area contributed by atoms with Crippen LogP contribution in [0.2, 0.25) is 0 Å². The van der Waals surface area contributed by atoms with Crippen molar-refractivity contribution >= 4 is 22.4 Å². The molecule has 0 radical (unpaired) electrons. The monoisotopic (exact) mass is 279 g/mol. The molecule has 0 aliphatic heterocycles. The largest absolute Gasteiger partial charge is 0.378 e. The van der Waals surface area contributed by atoms with Gasteiger partial charge in [0.15, 0.2) is 0 Å². The van der Waals surface area contributed by atoms with Crippen molar-refractivity contribution in [3.05, 3.63) is 46.9 Å². The number of nitrogens with one attached hydrogen (secondary N) is 2. The summed E-state index contributed by atoms with van der Waals surface area (Å²) < 4.78 is 17.6. The Bertz CT molecular complexity index is 597. The minimum absolute atomic E-state index is 0.157. The fraction of sp³-hybridized carbons (Fsp3) is 0.231. The second kappa shape index (κ2) is 5.79. The van der Waals surface area contributed by atoms with E-state index in [-0.39, 0.29) is 18.3 Å². The van der Waals surface area contributed by atoms with Gasteiger partial charge in [-0.05, 0) is 24.5 Å². The number of aryl methyl sites for hydroxylation is 1. The summed E-state index contributed by atoms with van der Waals surface area (Å²) in [6.07, 6.45) is 0. The van der Waals surface area contributed by atoms with Crippen molar-refractivity contribution in [1.82, 2.24) is 9.69 Å². The number of benzene rings is 1. The van der Waals surface area contributed by atoms with E-state index >= 15 is 0 Å². The lowest BCUT2D eigenvalue weighted by molar-refractivity contribution is 0.0951. The lowest BCUT2D eigenvalue weighted by Gasteiger charge is -2.07. The Kier molecular flexibility index (Phi) is 4.11. The van der Waals surface area contributed by atoms with Gasteiger partial charge in [-0.3, -0.25) is 4.79 Å². The van der Waals surface area contributed by atoms with Gasteiger partial charge < -0.3 is 10.6 Å². The standard InChI is InChI=1S/C13H14FN3OS/c1-8-11(13(15-2)19-17-8)12(18)16-7-9-5-3-4-6-10(9)14/h3-6,15H,7H2,1-2H3,(H,16,18). The van der Waals surface area contributed by atoms with E-state index in [1.54, 1.807) is 32.2 Å². The molecule has 6 heteroatoms. The molecule has 1 amide bonds. The fourth-order valence-corrected chi connectivity index (χ4v) is 2.46. The number of hydrogen-bond donors (Lipinski definition) is 2. The molecule has 0 saturated carbocycles. The first kappa shape index (κ1) is 13.5. The predicted molar refractivity (Wildman–Crippen MR) is 74.0 cm³/mol. The summed E-state index contributed by atoms with van der Waals surface area (Å²) >= 11 is 1.23. The average molecular weight is 279 g/mol. The zero-order valence-corrected chi connectivity index (χ0v) is 11.5. The number of rotatable bonds is 4. The Morgan fingerprint density at radius 3 is 2.84 bits per heavy atom. The molecule has 0 bridgehead atoms. The number of anilines is 1. The topological polar surface area (TPSA) is 54.0 Å². The van der Waals surface area contributed by atoms with Gasteiger partial charge in [-0.2, -0.15) is 4.37 Å². The molecular formula is C13H14FN3OS. The van der Waals surface area contributed by atoms with Crippen LogP contribution in [0.25, 0.3) is 0 Å². The summed E-state index contributed by atoms with van der Waals surface area (Å²) in [6.45, 7) is 1.93. The molecule has 0 atom stereocenters. The molecule has 2 N–H and O–H groups in total. The Balaban J connectivity index is 2.10. The van der Waals surface area contributed by atoms with Crippen LogP contribution in [-0.2, 0) is 6.54 Å². The maximum absolute atomic E-state index is 13.4. The van der Waals surface area contributed by atoms with Gasteiger partial charge in [-0.25, -0.2) is 4.39 Å². The van der Waals surface area contributed by atoms with Crippen LogP contribution in [0.15, 0.2) is 24.3 Å². The first-order chi connectivity index (χ1) is 9.13. The number of amides is 1. The molecule has 0 saturated heterocycles. The maximum atomic E-state index is 13.4. The summed E-state index contributed by atoms with van der Waals surface area (Å²) in [4.78, 5) is 12.1. The van der Waals surface area contributed by atoms with Gasteiger partial charge in [-0.1, -0.05) is 18.2 Å². The summed E-state index contributed by atoms with van der Waals surface area (Å²) in [6, 6.07) is 6.37. The quantitative estimate of drug-likeness (QED) is 0.904. The van der Waals surface area contributed by atoms with E-state index in [4.69, 9.17) is 0 Å². The summed E-state index contributed by atoms with van der Waals surface area (Å²) in [7, 11) is 1.74. The smallest absolute Gasteiger partial charge is 0.256 e. The van der Waals surface area contributed by atoms with E-state index in [2.05, 4.69) is 15.0 Å². The minimum Gasteiger partial charge on any atom is -0.378 e. The molecule has 0 aliphatic rings. The van der Waals surface area contributed by atoms with Crippen LogP contribution in [0.4, 0.5) is 9.39 Å². The van der Waals surface area contributed by atoms with Crippen molar-refractivity contribution in [2.75, 3.05) is 12.4 Å². The number of carbonyl (C=O) groups excluding carboxylic acids is 1. The number of halogens is 1. The normalized spacial score (nSPS) is 10.3. The maximum Gasteiger partial charge on any atom is 0.256 e. The van der Waals surface area contributed by atoms with Crippen molar-refractivity contribution < 1.29 is 9.18 Å². The van der Waals surface area contributed by atoms with E-state index in [1.165, 1.54) is 17.6 Å². The van der Waals surface area contributed by atoms with Gasteiger partial charge in [0.1, 0.15) is 10.8 Å². The lowest BCUT2D eigenvalue weighted by atomic mass is 10.2. The van der Waals surface area contributed by atoms with Gasteiger partial charge in [-0.15, -0.1) is 0 Å².